The molecule has 1 nitrogen and oxygen atoms in total. The molecule has 0 aliphatic heterocycles. The summed E-state index contributed by atoms with van der Waals surface area (Å²) in [5.74, 6) is -0.218. The van der Waals surface area contributed by atoms with Gasteiger partial charge in [0.25, 0.3) is 0 Å². The lowest BCUT2D eigenvalue weighted by molar-refractivity contribution is 0.623. The van der Waals surface area contributed by atoms with Gasteiger partial charge in [-0.25, -0.2) is 4.39 Å². The Bertz CT molecular complexity index is 281. The molecule has 0 aliphatic rings. The molecule has 0 saturated carbocycles. The van der Waals surface area contributed by atoms with Crippen molar-refractivity contribution in [3.63, 3.8) is 0 Å². The van der Waals surface area contributed by atoms with Crippen LogP contribution in [-0.4, -0.2) is 7.05 Å². The molecule has 1 aromatic rings. The molecule has 0 radical (unpaired) electrons. The van der Waals surface area contributed by atoms with Crippen LogP contribution in [0.15, 0.2) is 24.8 Å². The number of halogens is 1. The summed E-state index contributed by atoms with van der Waals surface area (Å²) >= 11 is 0. The van der Waals surface area contributed by atoms with Gasteiger partial charge in [0.2, 0.25) is 0 Å². The highest BCUT2D eigenvalue weighted by molar-refractivity contribution is 5.48. The summed E-state index contributed by atoms with van der Waals surface area (Å²) in [6.07, 6.45) is 1.52. The van der Waals surface area contributed by atoms with Crippen molar-refractivity contribution in [1.29, 1.82) is 0 Å². The van der Waals surface area contributed by atoms with Crippen LogP contribution in [0.4, 0.5) is 4.39 Å². The zero-order chi connectivity index (χ0) is 8.97. The highest BCUT2D eigenvalue weighted by atomic mass is 19.1. The van der Waals surface area contributed by atoms with Gasteiger partial charge in [0.15, 0.2) is 0 Å². The molecule has 0 aromatic heterocycles. The number of nitrogens with one attached hydrogen (secondary N) is 1. The summed E-state index contributed by atoms with van der Waals surface area (Å²) in [7, 11) is 1.86. The van der Waals surface area contributed by atoms with E-state index in [1.165, 1.54) is 12.1 Å². The van der Waals surface area contributed by atoms with E-state index in [1.807, 2.05) is 7.05 Å². The molecule has 0 fully saturated rings. The molecule has 0 amide bonds. The molecule has 1 N–H and O–H groups in total. The first-order valence-electron chi connectivity index (χ1n) is 3.83. The molecule has 1 aromatic carbocycles. The van der Waals surface area contributed by atoms with E-state index in [9.17, 15) is 4.39 Å². The second kappa shape index (κ2) is 4.02. The van der Waals surface area contributed by atoms with E-state index in [4.69, 9.17) is 0 Å². The standard InChI is InChI=1S/C10H12FN/c1-3-9-6-8(7-12-2)4-5-10(9)11/h3-6,12H,1,7H2,2H3. The third-order valence-electron chi connectivity index (χ3n) is 1.66. The lowest BCUT2D eigenvalue weighted by Gasteiger charge is -2.02. The third-order valence-corrected chi connectivity index (χ3v) is 1.66. The van der Waals surface area contributed by atoms with E-state index in [0.717, 1.165) is 12.1 Å². The Hall–Kier alpha value is -1.15. The molecular weight excluding hydrogens is 153 g/mol. The van der Waals surface area contributed by atoms with Crippen molar-refractivity contribution in [1.82, 2.24) is 5.32 Å². The average Bonchev–Trinajstić information content (AvgIpc) is 2.09. The largest absolute Gasteiger partial charge is 0.316 e. The van der Waals surface area contributed by atoms with Gasteiger partial charge in [0.05, 0.1) is 0 Å². The van der Waals surface area contributed by atoms with Crippen molar-refractivity contribution >= 4 is 6.08 Å². The molecule has 12 heavy (non-hydrogen) atoms. The molecule has 0 saturated heterocycles. The van der Waals surface area contributed by atoms with Crippen molar-refractivity contribution in [2.45, 2.75) is 6.54 Å². The van der Waals surface area contributed by atoms with Crippen molar-refractivity contribution < 1.29 is 4.39 Å². The predicted octanol–water partition coefficient (Wildman–Crippen LogP) is 2.19. The van der Waals surface area contributed by atoms with Crippen molar-refractivity contribution in [3.8, 4) is 0 Å². The minimum Gasteiger partial charge on any atom is -0.316 e. The van der Waals surface area contributed by atoms with E-state index in [-0.39, 0.29) is 5.82 Å². The highest BCUT2D eigenvalue weighted by Gasteiger charge is 1.98. The van der Waals surface area contributed by atoms with Gasteiger partial charge in [-0.15, -0.1) is 0 Å². The lowest BCUT2D eigenvalue weighted by atomic mass is 10.1. The van der Waals surface area contributed by atoms with Crippen LogP contribution in [0.25, 0.3) is 6.08 Å². The Kier molecular flexibility index (Phi) is 3.00. The number of rotatable bonds is 3. The summed E-state index contributed by atoms with van der Waals surface area (Å²) in [6.45, 7) is 4.28. The monoisotopic (exact) mass is 165 g/mol. The molecule has 0 unspecified atom stereocenters. The second-order valence-corrected chi connectivity index (χ2v) is 2.59. The van der Waals surface area contributed by atoms with Gasteiger partial charge >= 0.3 is 0 Å². The van der Waals surface area contributed by atoms with Crippen LogP contribution in [0.1, 0.15) is 11.1 Å². The lowest BCUT2D eigenvalue weighted by Crippen LogP contribution is -2.05. The molecule has 0 spiro atoms. The Morgan fingerprint density at radius 2 is 2.33 bits per heavy atom. The molecule has 0 heterocycles. The maximum Gasteiger partial charge on any atom is 0.130 e. The van der Waals surface area contributed by atoms with E-state index in [1.54, 1.807) is 12.1 Å². The summed E-state index contributed by atoms with van der Waals surface area (Å²) in [5, 5.41) is 3.00. The molecule has 2 heteroatoms. The molecular formula is C10H12FN. The zero-order valence-corrected chi connectivity index (χ0v) is 7.10. The normalized spacial score (nSPS) is 9.83. The summed E-state index contributed by atoms with van der Waals surface area (Å²) in [5.41, 5.74) is 1.62. The fraction of sp³-hybridized carbons (Fsp3) is 0.200. The summed E-state index contributed by atoms with van der Waals surface area (Å²) in [6, 6.07) is 5.02. The first-order chi connectivity index (χ1) is 5.77. The maximum absolute atomic E-state index is 12.9. The maximum atomic E-state index is 12.9. The van der Waals surface area contributed by atoms with E-state index >= 15 is 0 Å². The minimum absolute atomic E-state index is 0.218. The van der Waals surface area contributed by atoms with Crippen LogP contribution in [0.2, 0.25) is 0 Å². The highest BCUT2D eigenvalue weighted by Crippen LogP contribution is 2.11. The Balaban J connectivity index is 2.96. The molecule has 0 aliphatic carbocycles. The fourth-order valence-corrected chi connectivity index (χ4v) is 1.06. The summed E-state index contributed by atoms with van der Waals surface area (Å²) < 4.78 is 12.9. The zero-order valence-electron chi connectivity index (χ0n) is 7.10. The smallest absolute Gasteiger partial charge is 0.130 e. The van der Waals surface area contributed by atoms with Gasteiger partial charge in [0.1, 0.15) is 5.82 Å². The first-order valence-corrected chi connectivity index (χ1v) is 3.83. The van der Waals surface area contributed by atoms with Crippen LogP contribution < -0.4 is 5.32 Å². The van der Waals surface area contributed by atoms with E-state index < -0.39 is 0 Å². The Labute approximate surface area is 71.9 Å². The van der Waals surface area contributed by atoms with E-state index in [2.05, 4.69) is 11.9 Å². The van der Waals surface area contributed by atoms with Gasteiger partial charge in [-0.2, -0.15) is 0 Å². The van der Waals surface area contributed by atoms with Crippen molar-refractivity contribution in [2.24, 2.45) is 0 Å². The molecule has 64 valence electrons. The van der Waals surface area contributed by atoms with Crippen LogP contribution >= 0.6 is 0 Å². The number of hydrogen-bond acceptors (Lipinski definition) is 1. The van der Waals surface area contributed by atoms with Gasteiger partial charge in [-0.3, -0.25) is 0 Å². The Morgan fingerprint density at radius 1 is 1.58 bits per heavy atom. The van der Waals surface area contributed by atoms with Gasteiger partial charge in [0, 0.05) is 12.1 Å². The minimum atomic E-state index is -0.218. The van der Waals surface area contributed by atoms with Crippen molar-refractivity contribution in [3.05, 3.63) is 41.7 Å². The average molecular weight is 165 g/mol. The summed E-state index contributed by atoms with van der Waals surface area (Å²) in [4.78, 5) is 0. The second-order valence-electron chi connectivity index (χ2n) is 2.59. The Morgan fingerprint density at radius 3 is 2.92 bits per heavy atom. The molecule has 0 bridgehead atoms. The van der Waals surface area contributed by atoms with Gasteiger partial charge in [-0.1, -0.05) is 18.7 Å². The third kappa shape index (κ3) is 1.92. The molecule has 0 atom stereocenters. The topological polar surface area (TPSA) is 12.0 Å². The predicted molar refractivity (Wildman–Crippen MR) is 49.3 cm³/mol. The fourth-order valence-electron chi connectivity index (χ4n) is 1.06. The van der Waals surface area contributed by atoms with Gasteiger partial charge in [-0.05, 0) is 24.7 Å². The van der Waals surface area contributed by atoms with Gasteiger partial charge < -0.3 is 5.32 Å². The van der Waals surface area contributed by atoms with Crippen LogP contribution in [0, 0.1) is 5.82 Å². The number of benzene rings is 1. The van der Waals surface area contributed by atoms with Crippen LogP contribution in [0.3, 0.4) is 0 Å². The van der Waals surface area contributed by atoms with Crippen molar-refractivity contribution in [2.75, 3.05) is 7.05 Å². The quantitative estimate of drug-likeness (QED) is 0.724. The number of hydrogen-bond donors (Lipinski definition) is 1. The van der Waals surface area contributed by atoms with Crippen LogP contribution in [-0.2, 0) is 6.54 Å². The van der Waals surface area contributed by atoms with Crippen LogP contribution in [0.5, 0.6) is 0 Å². The van der Waals surface area contributed by atoms with E-state index in [0.29, 0.717) is 5.56 Å². The SMILES string of the molecule is C=Cc1cc(CNC)ccc1F. The molecule has 1 rings (SSSR count). The first kappa shape index (κ1) is 8.94.